The van der Waals surface area contributed by atoms with Crippen LogP contribution in [0.25, 0.3) is 0 Å². The second-order valence-electron chi connectivity index (χ2n) is 5.76. The van der Waals surface area contributed by atoms with Crippen LogP contribution in [-0.2, 0) is 6.18 Å². The third-order valence-electron chi connectivity index (χ3n) is 4.16. The van der Waals surface area contributed by atoms with E-state index in [1.54, 1.807) is 4.90 Å². The average Bonchev–Trinajstić information content (AvgIpc) is 3.04. The molecule has 1 amide bonds. The highest BCUT2D eigenvalue weighted by Crippen LogP contribution is 2.29. The number of carbonyl (C=O) groups excluding carboxylic acids is 1. The Morgan fingerprint density at radius 2 is 1.65 bits per heavy atom. The molecule has 1 fully saturated rings. The van der Waals surface area contributed by atoms with Gasteiger partial charge in [-0.25, -0.2) is 0 Å². The van der Waals surface area contributed by atoms with Crippen LogP contribution >= 0.6 is 0 Å². The van der Waals surface area contributed by atoms with Crippen LogP contribution in [0.2, 0.25) is 0 Å². The van der Waals surface area contributed by atoms with Crippen molar-refractivity contribution in [1.29, 1.82) is 0 Å². The van der Waals surface area contributed by atoms with Crippen molar-refractivity contribution in [2.45, 2.75) is 25.4 Å². The lowest BCUT2D eigenvalue weighted by Crippen LogP contribution is -2.46. The molecule has 1 aromatic rings. The minimum Gasteiger partial charge on any atom is -0.342 e. The molecule has 0 radical (unpaired) electrons. The van der Waals surface area contributed by atoms with Crippen LogP contribution in [0.4, 0.5) is 13.2 Å². The molecule has 2 heterocycles. The monoisotopic (exact) mass is 325 g/mol. The van der Waals surface area contributed by atoms with Crippen LogP contribution < -0.4 is 0 Å². The lowest BCUT2D eigenvalue weighted by Gasteiger charge is -2.32. The van der Waals surface area contributed by atoms with Crippen molar-refractivity contribution in [3.63, 3.8) is 0 Å². The molecule has 7 heteroatoms. The van der Waals surface area contributed by atoms with Gasteiger partial charge in [0, 0.05) is 25.2 Å². The Hall–Kier alpha value is -2.05. The largest absolute Gasteiger partial charge is 0.416 e. The summed E-state index contributed by atoms with van der Waals surface area (Å²) >= 11 is 0. The summed E-state index contributed by atoms with van der Waals surface area (Å²) in [5.41, 5.74) is -0.495. The molecule has 0 atom stereocenters. The molecule has 124 valence electrons. The Bertz CT molecular complexity index is 604. The van der Waals surface area contributed by atoms with Crippen LogP contribution in [0.15, 0.2) is 29.3 Å². The molecule has 0 N–H and O–H groups in total. The highest BCUT2D eigenvalue weighted by molar-refractivity contribution is 6.06. The van der Waals surface area contributed by atoms with E-state index in [0.717, 1.165) is 38.1 Å². The number of nitrogens with zero attached hydrogens (tertiary/aromatic N) is 3. The number of hydrogen-bond donors (Lipinski definition) is 0. The van der Waals surface area contributed by atoms with Crippen molar-refractivity contribution in [1.82, 2.24) is 9.80 Å². The second-order valence-corrected chi connectivity index (χ2v) is 5.76. The van der Waals surface area contributed by atoms with E-state index in [9.17, 15) is 18.0 Å². The van der Waals surface area contributed by atoms with E-state index in [1.165, 1.54) is 18.6 Å². The van der Waals surface area contributed by atoms with Crippen LogP contribution in [0.1, 0.15) is 35.2 Å². The third kappa shape index (κ3) is 3.33. The van der Waals surface area contributed by atoms with Gasteiger partial charge in [-0.05, 0) is 43.5 Å². The molecule has 23 heavy (non-hydrogen) atoms. The molecule has 0 aliphatic carbocycles. The standard InChI is InChI=1S/C16H18F3N3O/c17-16(18,19)13-6-4-12(5-7-13)14(23)22-11-8-20-15(22)21-9-2-1-3-10-21/h4-7H,1-3,8-11H2. The molecule has 4 nitrogen and oxygen atoms in total. The SMILES string of the molecule is O=C(c1ccc(C(F)(F)F)cc1)N1CCN=C1N1CCCCC1. The van der Waals surface area contributed by atoms with Crippen LogP contribution in [0, 0.1) is 0 Å². The number of guanidine groups is 1. The van der Waals surface area contributed by atoms with Gasteiger partial charge in [-0.3, -0.25) is 14.7 Å². The fraction of sp³-hybridized carbons (Fsp3) is 0.500. The van der Waals surface area contributed by atoms with Gasteiger partial charge in [-0.2, -0.15) is 13.2 Å². The van der Waals surface area contributed by atoms with Gasteiger partial charge in [-0.15, -0.1) is 0 Å². The predicted molar refractivity (Wildman–Crippen MR) is 80.2 cm³/mol. The van der Waals surface area contributed by atoms with Gasteiger partial charge in [-0.1, -0.05) is 0 Å². The molecule has 0 spiro atoms. The molecule has 0 unspecified atom stereocenters. The van der Waals surface area contributed by atoms with E-state index < -0.39 is 11.7 Å². The fourth-order valence-electron chi connectivity index (χ4n) is 2.95. The molecule has 2 aliphatic rings. The Morgan fingerprint density at radius 3 is 2.26 bits per heavy atom. The number of carbonyl (C=O) groups is 1. The number of likely N-dealkylation sites (tertiary alicyclic amines) is 1. The molecular formula is C16H18F3N3O. The molecule has 0 saturated carbocycles. The van der Waals surface area contributed by atoms with Crippen molar-refractivity contribution in [3.8, 4) is 0 Å². The summed E-state index contributed by atoms with van der Waals surface area (Å²) in [5.74, 6) is 0.371. The van der Waals surface area contributed by atoms with Crippen molar-refractivity contribution in [2.24, 2.45) is 4.99 Å². The fourth-order valence-corrected chi connectivity index (χ4v) is 2.95. The van der Waals surface area contributed by atoms with Crippen molar-refractivity contribution >= 4 is 11.9 Å². The number of amides is 1. The molecular weight excluding hydrogens is 307 g/mol. The van der Waals surface area contributed by atoms with Crippen LogP contribution in [0.3, 0.4) is 0 Å². The van der Waals surface area contributed by atoms with Gasteiger partial charge in [0.25, 0.3) is 5.91 Å². The number of piperidine rings is 1. The van der Waals surface area contributed by atoms with Gasteiger partial charge in [0.15, 0.2) is 0 Å². The van der Waals surface area contributed by atoms with E-state index in [1.807, 2.05) is 0 Å². The topological polar surface area (TPSA) is 35.9 Å². The van der Waals surface area contributed by atoms with E-state index >= 15 is 0 Å². The lowest BCUT2D eigenvalue weighted by molar-refractivity contribution is -0.137. The number of aliphatic imine (C=N–C) groups is 1. The summed E-state index contributed by atoms with van der Waals surface area (Å²) in [5, 5.41) is 0. The molecule has 1 saturated heterocycles. The second kappa shape index (κ2) is 6.22. The first-order valence-electron chi connectivity index (χ1n) is 7.75. The molecule has 2 aliphatic heterocycles. The zero-order valence-corrected chi connectivity index (χ0v) is 12.6. The summed E-state index contributed by atoms with van der Waals surface area (Å²) in [7, 11) is 0. The summed E-state index contributed by atoms with van der Waals surface area (Å²) in [6, 6.07) is 4.36. The van der Waals surface area contributed by atoms with Crippen molar-refractivity contribution < 1.29 is 18.0 Å². The zero-order valence-electron chi connectivity index (χ0n) is 12.6. The van der Waals surface area contributed by atoms with Gasteiger partial charge >= 0.3 is 6.18 Å². The quantitative estimate of drug-likeness (QED) is 0.796. The number of halogens is 3. The molecule has 1 aromatic carbocycles. The molecule has 0 bridgehead atoms. The smallest absolute Gasteiger partial charge is 0.342 e. The maximum absolute atomic E-state index is 12.6. The van der Waals surface area contributed by atoms with E-state index in [4.69, 9.17) is 0 Å². The van der Waals surface area contributed by atoms with E-state index in [2.05, 4.69) is 9.89 Å². The minimum atomic E-state index is -4.39. The first-order valence-corrected chi connectivity index (χ1v) is 7.75. The predicted octanol–water partition coefficient (Wildman–Crippen LogP) is 3.00. The third-order valence-corrected chi connectivity index (χ3v) is 4.16. The maximum atomic E-state index is 12.6. The summed E-state index contributed by atoms with van der Waals surface area (Å²) < 4.78 is 37.8. The Kier molecular flexibility index (Phi) is 4.28. The Morgan fingerprint density at radius 1 is 1.00 bits per heavy atom. The van der Waals surface area contributed by atoms with Gasteiger partial charge in [0.2, 0.25) is 5.96 Å². The van der Waals surface area contributed by atoms with Crippen LogP contribution in [0.5, 0.6) is 0 Å². The number of alkyl halides is 3. The highest BCUT2D eigenvalue weighted by atomic mass is 19.4. The maximum Gasteiger partial charge on any atom is 0.416 e. The Balaban J connectivity index is 1.75. The highest BCUT2D eigenvalue weighted by Gasteiger charge is 2.32. The lowest BCUT2D eigenvalue weighted by atomic mass is 10.1. The zero-order chi connectivity index (χ0) is 16.4. The summed E-state index contributed by atoms with van der Waals surface area (Å²) in [6.07, 6.45) is -1.07. The minimum absolute atomic E-state index is 0.254. The van der Waals surface area contributed by atoms with Crippen LogP contribution in [-0.4, -0.2) is 47.8 Å². The summed E-state index contributed by atoms with van der Waals surface area (Å²) in [4.78, 5) is 20.7. The normalized spacial score (nSPS) is 19.0. The van der Waals surface area contributed by atoms with E-state index in [0.29, 0.717) is 19.0 Å². The van der Waals surface area contributed by atoms with Gasteiger partial charge < -0.3 is 4.90 Å². The van der Waals surface area contributed by atoms with Crippen molar-refractivity contribution in [2.75, 3.05) is 26.2 Å². The van der Waals surface area contributed by atoms with Crippen molar-refractivity contribution in [3.05, 3.63) is 35.4 Å². The average molecular weight is 325 g/mol. The number of rotatable bonds is 1. The first-order chi connectivity index (χ1) is 11.0. The molecule has 0 aromatic heterocycles. The van der Waals surface area contributed by atoms with E-state index in [-0.39, 0.29) is 11.5 Å². The summed E-state index contributed by atoms with van der Waals surface area (Å²) in [6.45, 7) is 2.76. The first kappa shape index (κ1) is 15.8. The van der Waals surface area contributed by atoms with Gasteiger partial charge in [0.1, 0.15) is 0 Å². The number of benzene rings is 1. The Labute approximate surface area is 132 Å². The number of hydrogen-bond acceptors (Lipinski definition) is 3. The van der Waals surface area contributed by atoms with Gasteiger partial charge in [0.05, 0.1) is 12.1 Å². The molecule has 3 rings (SSSR count).